The first kappa shape index (κ1) is 39.9. The van der Waals surface area contributed by atoms with E-state index in [1.807, 2.05) is 73.6 Å². The third-order valence-electron chi connectivity index (χ3n) is 12.1. The number of amides is 2. The maximum absolute atomic E-state index is 14.2. The standard InChI is InChI=1S/C43H54N4O8/c1-24-33-20-30(43(33,3)4)21-34(24)44-41(51)38-37(25(2)49)36(23-48)55-47(38)22-27-14-11-15-32(39(27)54-7)28-17-29(19-31(18-28)46(5)6)40(50)45-35(42(52)53)16-26-12-9-8-10-13-26/h8-15,17-19,25,30,33-38,48-49H,1,16,20-23H2,2-7H3,(H,44,51)(H,45,50)(H,52,53)/t25-,30+,33-,34-,35+,36-,37+,38-/m0/s1. The highest BCUT2D eigenvalue weighted by molar-refractivity contribution is 5.99. The van der Waals surface area contributed by atoms with Crippen LogP contribution in [0.3, 0.4) is 0 Å². The summed E-state index contributed by atoms with van der Waals surface area (Å²) in [6.07, 6.45) is 0.227. The van der Waals surface area contributed by atoms with Gasteiger partial charge in [0.05, 0.1) is 32.4 Å². The number of carbonyl (C=O) groups is 3. The molecular formula is C43H54N4O8. The lowest BCUT2D eigenvalue weighted by Gasteiger charge is -2.60. The topological polar surface area (TPSA) is 161 Å². The Morgan fingerprint density at radius 3 is 2.40 bits per heavy atom. The molecule has 2 bridgehead atoms. The molecule has 8 atom stereocenters. The van der Waals surface area contributed by atoms with Crippen molar-refractivity contribution in [3.05, 3.63) is 95.6 Å². The highest BCUT2D eigenvalue weighted by Crippen LogP contribution is 2.60. The van der Waals surface area contributed by atoms with Crippen molar-refractivity contribution in [1.29, 1.82) is 0 Å². The van der Waals surface area contributed by atoms with Crippen molar-refractivity contribution in [2.24, 2.45) is 23.2 Å². The molecule has 4 fully saturated rings. The van der Waals surface area contributed by atoms with Crippen LogP contribution in [0, 0.1) is 23.2 Å². The van der Waals surface area contributed by atoms with Gasteiger partial charge in [0.2, 0.25) is 5.91 Å². The van der Waals surface area contributed by atoms with Crippen LogP contribution in [0.15, 0.2) is 78.9 Å². The number of fused-ring (bicyclic) bond motifs is 2. The van der Waals surface area contributed by atoms with E-state index in [2.05, 4.69) is 31.1 Å². The summed E-state index contributed by atoms with van der Waals surface area (Å²) in [4.78, 5) is 48.2. The summed E-state index contributed by atoms with van der Waals surface area (Å²) in [5.41, 5.74) is 4.91. The average molecular weight is 755 g/mol. The van der Waals surface area contributed by atoms with Gasteiger partial charge in [-0.2, -0.15) is 5.06 Å². The van der Waals surface area contributed by atoms with E-state index in [1.54, 1.807) is 26.2 Å². The zero-order valence-electron chi connectivity index (χ0n) is 32.5. The molecule has 12 heteroatoms. The Balaban J connectivity index is 1.29. The summed E-state index contributed by atoms with van der Waals surface area (Å²) < 4.78 is 6.01. The summed E-state index contributed by atoms with van der Waals surface area (Å²) in [7, 11) is 5.24. The van der Waals surface area contributed by atoms with Crippen LogP contribution >= 0.6 is 0 Å². The van der Waals surface area contributed by atoms with Crippen molar-refractivity contribution in [1.82, 2.24) is 15.7 Å². The third-order valence-corrected chi connectivity index (χ3v) is 12.1. The first-order chi connectivity index (χ1) is 26.1. The molecule has 0 spiro atoms. The number of methoxy groups -OCH3 is 1. The fourth-order valence-corrected chi connectivity index (χ4v) is 8.80. The quantitative estimate of drug-likeness (QED) is 0.149. The second-order valence-electron chi connectivity index (χ2n) is 16.1. The fraction of sp³-hybridized carbons (Fsp3) is 0.465. The number of hydroxylamine groups is 2. The minimum absolute atomic E-state index is 0.0825. The Hall–Kier alpha value is -4.75. The molecular weight excluding hydrogens is 700 g/mol. The number of aliphatic carboxylic acids is 1. The largest absolute Gasteiger partial charge is 0.496 e. The van der Waals surface area contributed by atoms with Crippen LogP contribution in [-0.2, 0) is 27.4 Å². The van der Waals surface area contributed by atoms with Crippen molar-refractivity contribution in [2.45, 2.75) is 76.9 Å². The van der Waals surface area contributed by atoms with Crippen molar-refractivity contribution in [3.63, 3.8) is 0 Å². The van der Waals surface area contributed by atoms with Crippen LogP contribution in [0.2, 0.25) is 0 Å². The monoisotopic (exact) mass is 754 g/mol. The number of benzene rings is 3. The van der Waals surface area contributed by atoms with Gasteiger partial charge in [-0.25, -0.2) is 4.79 Å². The van der Waals surface area contributed by atoms with Gasteiger partial charge in [-0.1, -0.05) is 74.5 Å². The molecule has 3 saturated carbocycles. The van der Waals surface area contributed by atoms with E-state index in [0.29, 0.717) is 40.0 Å². The van der Waals surface area contributed by atoms with Crippen LogP contribution in [-0.4, -0.2) is 96.3 Å². The van der Waals surface area contributed by atoms with Gasteiger partial charge in [-0.15, -0.1) is 0 Å². The van der Waals surface area contributed by atoms with Crippen LogP contribution in [0.1, 0.15) is 55.1 Å². The minimum atomic E-state index is -1.15. The number of carboxylic acid groups (broad SMARTS) is 1. The van der Waals surface area contributed by atoms with Crippen molar-refractivity contribution in [2.75, 3.05) is 32.7 Å². The smallest absolute Gasteiger partial charge is 0.326 e. The number of aliphatic hydroxyl groups is 2. The number of para-hydroxylation sites is 1. The van der Waals surface area contributed by atoms with Gasteiger partial charge >= 0.3 is 5.97 Å². The van der Waals surface area contributed by atoms with Gasteiger partial charge in [0.15, 0.2) is 0 Å². The fourth-order valence-electron chi connectivity index (χ4n) is 8.80. The number of carbonyl (C=O) groups excluding carboxylic acids is 2. The Morgan fingerprint density at radius 2 is 1.80 bits per heavy atom. The van der Waals surface area contributed by atoms with Crippen molar-refractivity contribution < 1.29 is 39.3 Å². The van der Waals surface area contributed by atoms with E-state index in [0.717, 1.165) is 24.0 Å². The van der Waals surface area contributed by atoms with Crippen LogP contribution < -0.4 is 20.3 Å². The van der Waals surface area contributed by atoms with Crippen molar-refractivity contribution >= 4 is 23.5 Å². The number of hydrogen-bond acceptors (Lipinski definition) is 9. The van der Waals surface area contributed by atoms with Crippen molar-refractivity contribution in [3.8, 4) is 16.9 Å². The zero-order valence-corrected chi connectivity index (χ0v) is 32.5. The molecule has 294 valence electrons. The molecule has 3 aromatic rings. The Kier molecular flexibility index (Phi) is 11.7. The average Bonchev–Trinajstić information content (AvgIpc) is 3.53. The number of anilines is 1. The van der Waals surface area contributed by atoms with Gasteiger partial charge in [0.25, 0.3) is 5.91 Å². The predicted molar refractivity (Wildman–Crippen MR) is 209 cm³/mol. The summed E-state index contributed by atoms with van der Waals surface area (Å²) >= 11 is 0. The van der Waals surface area contributed by atoms with Gasteiger partial charge in [-0.3, -0.25) is 14.4 Å². The highest BCUT2D eigenvalue weighted by atomic mass is 16.7. The van der Waals surface area contributed by atoms with Gasteiger partial charge in [0.1, 0.15) is 23.9 Å². The Morgan fingerprint density at radius 1 is 1.07 bits per heavy atom. The number of ether oxygens (including phenoxy) is 1. The molecule has 3 aromatic carbocycles. The van der Waals surface area contributed by atoms with E-state index < -0.39 is 48.7 Å². The van der Waals surface area contributed by atoms with Gasteiger partial charge in [0, 0.05) is 48.8 Å². The SMILES string of the molecule is C=C1[C@@H](NC(=O)[C@@H]2[C@H]([C@H](C)O)[C@H](CO)ON2Cc2cccc(-c3cc(C(=O)N[C@H](Cc4ccccc4)C(=O)O)cc(N(C)C)c3)c2OC)C[C@H]2C[C@@H]1C2(C)C. The van der Waals surface area contributed by atoms with E-state index in [9.17, 15) is 29.7 Å². The first-order valence-electron chi connectivity index (χ1n) is 18.9. The molecule has 5 N–H and O–H groups in total. The van der Waals surface area contributed by atoms with E-state index in [1.165, 1.54) is 5.06 Å². The molecule has 12 nitrogen and oxygen atoms in total. The molecule has 1 aliphatic heterocycles. The second-order valence-corrected chi connectivity index (χ2v) is 16.1. The molecule has 3 aliphatic carbocycles. The molecule has 0 radical (unpaired) electrons. The van der Waals surface area contributed by atoms with Crippen LogP contribution in [0.25, 0.3) is 11.1 Å². The van der Waals surface area contributed by atoms with Crippen LogP contribution in [0.5, 0.6) is 5.75 Å². The highest BCUT2D eigenvalue weighted by Gasteiger charge is 2.56. The van der Waals surface area contributed by atoms with Gasteiger partial charge in [-0.05, 0) is 66.3 Å². The Labute approximate surface area is 323 Å². The number of rotatable bonds is 14. The van der Waals surface area contributed by atoms with Crippen LogP contribution in [0.4, 0.5) is 5.69 Å². The lowest BCUT2D eigenvalue weighted by atomic mass is 9.46. The predicted octanol–water partition coefficient (Wildman–Crippen LogP) is 4.43. The number of nitrogens with zero attached hydrogens (tertiary/aromatic N) is 2. The molecule has 7 rings (SSSR count). The summed E-state index contributed by atoms with van der Waals surface area (Å²) in [6, 6.07) is 17.7. The molecule has 0 unspecified atom stereocenters. The van der Waals surface area contributed by atoms with E-state index >= 15 is 0 Å². The minimum Gasteiger partial charge on any atom is -0.496 e. The lowest BCUT2D eigenvalue weighted by Crippen LogP contribution is -2.59. The second kappa shape index (κ2) is 16.2. The van der Waals surface area contributed by atoms with Gasteiger partial charge < -0.3 is 35.6 Å². The van der Waals surface area contributed by atoms with E-state index in [-0.39, 0.29) is 35.9 Å². The third kappa shape index (κ3) is 8.00. The lowest BCUT2D eigenvalue weighted by molar-refractivity contribution is -0.182. The molecule has 2 amide bonds. The molecule has 4 aliphatic rings. The number of nitrogens with one attached hydrogen (secondary N) is 2. The molecule has 0 aromatic heterocycles. The molecule has 55 heavy (non-hydrogen) atoms. The number of carboxylic acids is 1. The summed E-state index contributed by atoms with van der Waals surface area (Å²) in [5, 5.41) is 38.7. The summed E-state index contributed by atoms with van der Waals surface area (Å²) in [5.74, 6) is -1.40. The zero-order chi connectivity index (χ0) is 39.8. The van der Waals surface area contributed by atoms with E-state index in [4.69, 9.17) is 9.57 Å². The first-order valence-corrected chi connectivity index (χ1v) is 18.9. The molecule has 1 saturated heterocycles. The maximum Gasteiger partial charge on any atom is 0.326 e. The molecule has 1 heterocycles. The number of aliphatic hydroxyl groups excluding tert-OH is 2. The normalized spacial score (nSPS) is 25.3. The summed E-state index contributed by atoms with van der Waals surface area (Å²) in [6.45, 7) is 10.2. The maximum atomic E-state index is 14.2. The Bertz CT molecular complexity index is 1910. The number of hydrogen-bond donors (Lipinski definition) is 5.